The number of aromatic nitrogens is 2. The molecule has 3 rings (SSSR count). The number of amides is 1. The van der Waals surface area contributed by atoms with Gasteiger partial charge < -0.3 is 4.90 Å². The van der Waals surface area contributed by atoms with E-state index in [1.807, 2.05) is 30.3 Å². The lowest BCUT2D eigenvalue weighted by atomic mass is 10.1. The largest absolute Gasteiger partial charge is 0.340 e. The Morgan fingerprint density at radius 1 is 1.15 bits per heavy atom. The summed E-state index contributed by atoms with van der Waals surface area (Å²) in [6.45, 7) is -0.122. The van der Waals surface area contributed by atoms with E-state index in [2.05, 4.69) is 21.0 Å². The van der Waals surface area contributed by atoms with Crippen LogP contribution in [0.2, 0.25) is 0 Å². The molecule has 0 saturated carbocycles. The number of nitrogens with zero attached hydrogens (tertiary/aromatic N) is 3. The van der Waals surface area contributed by atoms with Crippen molar-refractivity contribution in [3.63, 3.8) is 0 Å². The molecule has 0 bridgehead atoms. The maximum absolute atomic E-state index is 13.9. The van der Waals surface area contributed by atoms with E-state index in [0.29, 0.717) is 11.3 Å². The molecule has 1 aromatic heterocycles. The molecule has 5 nitrogen and oxygen atoms in total. The Kier molecular flexibility index (Phi) is 5.81. The monoisotopic (exact) mass is 429 g/mol. The first kappa shape index (κ1) is 19.0. The second-order valence-electron chi connectivity index (χ2n) is 6.07. The van der Waals surface area contributed by atoms with Crippen molar-refractivity contribution in [2.45, 2.75) is 13.1 Å². The number of benzene rings is 2. The molecule has 0 aliphatic rings. The fourth-order valence-electron chi connectivity index (χ4n) is 2.58. The van der Waals surface area contributed by atoms with Crippen LogP contribution in [-0.2, 0) is 17.9 Å². The summed E-state index contributed by atoms with van der Waals surface area (Å²) in [5.74, 6) is -0.728. The molecule has 0 radical (unpaired) electrons. The summed E-state index contributed by atoms with van der Waals surface area (Å²) in [5, 5.41) is 4.28. The molecule has 0 atom stereocenters. The van der Waals surface area contributed by atoms with Crippen LogP contribution in [0.15, 0.2) is 69.9 Å². The van der Waals surface area contributed by atoms with Crippen molar-refractivity contribution >= 4 is 21.8 Å². The molecule has 0 aliphatic heterocycles. The summed E-state index contributed by atoms with van der Waals surface area (Å²) in [5.41, 5.74) is 1.47. The normalized spacial score (nSPS) is 10.6. The van der Waals surface area contributed by atoms with Crippen LogP contribution in [0.1, 0.15) is 5.56 Å². The zero-order valence-electron chi connectivity index (χ0n) is 14.6. The summed E-state index contributed by atoms with van der Waals surface area (Å²) < 4.78 is 15.8. The second kappa shape index (κ2) is 8.26. The van der Waals surface area contributed by atoms with Gasteiger partial charge in [-0.25, -0.2) is 9.07 Å². The molecule has 7 heteroatoms. The van der Waals surface area contributed by atoms with Crippen molar-refractivity contribution in [2.75, 3.05) is 7.05 Å². The number of halogens is 2. The van der Waals surface area contributed by atoms with Gasteiger partial charge in [0.1, 0.15) is 12.4 Å². The quantitative estimate of drug-likeness (QED) is 0.623. The highest BCUT2D eigenvalue weighted by molar-refractivity contribution is 9.10. The first-order chi connectivity index (χ1) is 12.9. The van der Waals surface area contributed by atoms with Gasteiger partial charge in [0.05, 0.1) is 5.69 Å². The Labute approximate surface area is 164 Å². The molecule has 0 fully saturated rings. The van der Waals surface area contributed by atoms with E-state index in [-0.39, 0.29) is 30.4 Å². The van der Waals surface area contributed by atoms with E-state index in [0.717, 1.165) is 14.7 Å². The van der Waals surface area contributed by atoms with Gasteiger partial charge >= 0.3 is 0 Å². The van der Waals surface area contributed by atoms with Crippen LogP contribution in [0.4, 0.5) is 4.39 Å². The third-order valence-corrected chi connectivity index (χ3v) is 4.56. The van der Waals surface area contributed by atoms with Gasteiger partial charge in [-0.2, -0.15) is 5.10 Å². The lowest BCUT2D eigenvalue weighted by molar-refractivity contribution is -0.131. The average Bonchev–Trinajstić information content (AvgIpc) is 2.67. The van der Waals surface area contributed by atoms with Crippen molar-refractivity contribution < 1.29 is 9.18 Å². The summed E-state index contributed by atoms with van der Waals surface area (Å²) in [6.07, 6.45) is 0. The molecule has 138 valence electrons. The molecule has 3 aromatic rings. The van der Waals surface area contributed by atoms with Crippen molar-refractivity contribution in [3.8, 4) is 11.3 Å². The Morgan fingerprint density at radius 2 is 1.89 bits per heavy atom. The van der Waals surface area contributed by atoms with Crippen molar-refractivity contribution in [1.29, 1.82) is 0 Å². The third kappa shape index (κ3) is 4.68. The lowest BCUT2D eigenvalue weighted by Crippen LogP contribution is -2.34. The van der Waals surface area contributed by atoms with E-state index in [9.17, 15) is 14.0 Å². The highest BCUT2D eigenvalue weighted by atomic mass is 79.9. The van der Waals surface area contributed by atoms with Crippen LogP contribution >= 0.6 is 15.9 Å². The fraction of sp³-hybridized carbons (Fsp3) is 0.150. The zero-order chi connectivity index (χ0) is 19.4. The highest BCUT2D eigenvalue weighted by Gasteiger charge is 2.14. The van der Waals surface area contributed by atoms with Crippen molar-refractivity contribution in [2.24, 2.45) is 0 Å². The van der Waals surface area contributed by atoms with Crippen LogP contribution in [0.5, 0.6) is 0 Å². The zero-order valence-corrected chi connectivity index (χ0v) is 16.2. The first-order valence-corrected chi connectivity index (χ1v) is 9.05. The van der Waals surface area contributed by atoms with Crippen LogP contribution in [0.25, 0.3) is 11.3 Å². The Bertz CT molecular complexity index is 1020. The van der Waals surface area contributed by atoms with E-state index < -0.39 is 0 Å². The Morgan fingerprint density at radius 3 is 2.63 bits per heavy atom. The number of carbonyl (C=O) groups excluding carboxylic acids is 1. The molecule has 27 heavy (non-hydrogen) atoms. The number of hydrogen-bond donors (Lipinski definition) is 0. The number of hydrogen-bond acceptors (Lipinski definition) is 3. The van der Waals surface area contributed by atoms with E-state index in [1.165, 1.54) is 17.0 Å². The van der Waals surface area contributed by atoms with Crippen LogP contribution in [-0.4, -0.2) is 27.6 Å². The standard InChI is InChI=1S/C20H17BrFN3O2/c1-24(12-15-11-16(21)7-8-17(15)22)20(27)13-25-19(26)10-9-18(23-25)14-5-3-2-4-6-14/h2-11H,12-13H2,1H3. The minimum atomic E-state index is -0.390. The fourth-order valence-corrected chi connectivity index (χ4v) is 2.99. The maximum Gasteiger partial charge on any atom is 0.267 e. The average molecular weight is 430 g/mol. The molecule has 0 aliphatic carbocycles. The summed E-state index contributed by atoms with van der Waals surface area (Å²) in [6, 6.07) is 17.0. The highest BCUT2D eigenvalue weighted by Crippen LogP contribution is 2.17. The van der Waals surface area contributed by atoms with Crippen molar-refractivity contribution in [1.82, 2.24) is 14.7 Å². The van der Waals surface area contributed by atoms with Crippen LogP contribution in [0, 0.1) is 5.82 Å². The van der Waals surface area contributed by atoms with Gasteiger partial charge in [0, 0.05) is 35.3 Å². The number of likely N-dealkylation sites (N-methyl/N-ethyl adjacent to an activating group) is 1. The van der Waals surface area contributed by atoms with Crippen LogP contribution < -0.4 is 5.56 Å². The lowest BCUT2D eigenvalue weighted by Gasteiger charge is -2.18. The Hall–Kier alpha value is -2.80. The molecule has 0 spiro atoms. The number of carbonyl (C=O) groups is 1. The van der Waals surface area contributed by atoms with E-state index in [1.54, 1.807) is 25.2 Å². The van der Waals surface area contributed by atoms with E-state index in [4.69, 9.17) is 0 Å². The second-order valence-corrected chi connectivity index (χ2v) is 6.98. The van der Waals surface area contributed by atoms with Crippen LogP contribution in [0.3, 0.4) is 0 Å². The van der Waals surface area contributed by atoms with Crippen molar-refractivity contribution in [3.05, 3.63) is 86.9 Å². The minimum Gasteiger partial charge on any atom is -0.340 e. The third-order valence-electron chi connectivity index (χ3n) is 4.06. The summed E-state index contributed by atoms with van der Waals surface area (Å²) in [4.78, 5) is 26.0. The molecule has 0 saturated heterocycles. The molecular weight excluding hydrogens is 413 g/mol. The SMILES string of the molecule is CN(Cc1cc(Br)ccc1F)C(=O)Cn1nc(-c2ccccc2)ccc1=O. The van der Waals surface area contributed by atoms with Gasteiger partial charge in [-0.05, 0) is 24.3 Å². The first-order valence-electron chi connectivity index (χ1n) is 8.25. The molecular formula is C20H17BrFN3O2. The van der Waals surface area contributed by atoms with Gasteiger partial charge in [-0.3, -0.25) is 9.59 Å². The topological polar surface area (TPSA) is 55.2 Å². The summed E-state index contributed by atoms with van der Waals surface area (Å²) in [7, 11) is 1.56. The predicted octanol–water partition coefficient (Wildman–Crippen LogP) is 3.47. The van der Waals surface area contributed by atoms with Gasteiger partial charge in [-0.1, -0.05) is 46.3 Å². The van der Waals surface area contributed by atoms with Gasteiger partial charge in [-0.15, -0.1) is 0 Å². The van der Waals surface area contributed by atoms with Gasteiger partial charge in [0.2, 0.25) is 5.91 Å². The van der Waals surface area contributed by atoms with E-state index >= 15 is 0 Å². The smallest absolute Gasteiger partial charge is 0.267 e. The summed E-state index contributed by atoms with van der Waals surface area (Å²) >= 11 is 3.29. The molecule has 0 N–H and O–H groups in total. The Balaban J connectivity index is 1.77. The molecule has 1 heterocycles. The molecule has 1 amide bonds. The van der Waals surface area contributed by atoms with Gasteiger partial charge in [0.25, 0.3) is 5.56 Å². The predicted molar refractivity (Wildman–Crippen MR) is 105 cm³/mol. The minimum absolute atomic E-state index is 0.0945. The number of rotatable bonds is 5. The maximum atomic E-state index is 13.9. The molecule has 0 unspecified atom stereocenters. The molecule has 2 aromatic carbocycles. The van der Waals surface area contributed by atoms with Gasteiger partial charge in [0.15, 0.2) is 0 Å².